The van der Waals surface area contributed by atoms with Gasteiger partial charge in [0.15, 0.2) is 0 Å². The van der Waals surface area contributed by atoms with E-state index in [9.17, 15) is 19.8 Å². The summed E-state index contributed by atoms with van der Waals surface area (Å²) in [5, 5.41) is 28.3. The Morgan fingerprint density at radius 1 is 0.735 bits per heavy atom. The summed E-state index contributed by atoms with van der Waals surface area (Å²) in [5.74, 6) is 0. The van der Waals surface area contributed by atoms with Crippen molar-refractivity contribution in [2.75, 3.05) is 0 Å². The normalized spacial score (nSPS) is 24.1. The van der Waals surface area contributed by atoms with Crippen LogP contribution in [0.4, 0.5) is 9.59 Å². The first-order chi connectivity index (χ1) is 15.4. The number of piperidine rings is 2. The smallest absolute Gasteiger partial charge is 0.409 e. The van der Waals surface area contributed by atoms with Crippen LogP contribution in [0.25, 0.3) is 0 Å². The van der Waals surface area contributed by atoms with Gasteiger partial charge in [-0.15, -0.1) is 0 Å². The van der Waals surface area contributed by atoms with Gasteiger partial charge in [0.25, 0.3) is 0 Å². The van der Waals surface area contributed by atoms with E-state index < -0.39 is 18.4 Å². The van der Waals surface area contributed by atoms with Crippen molar-refractivity contribution in [1.82, 2.24) is 20.4 Å². The molecule has 0 aromatic carbocycles. The van der Waals surface area contributed by atoms with Crippen molar-refractivity contribution in [3.63, 3.8) is 0 Å². The van der Waals surface area contributed by atoms with Crippen LogP contribution in [0.3, 0.4) is 0 Å². The van der Waals surface area contributed by atoms with E-state index in [1.165, 1.54) is 9.80 Å². The molecule has 0 unspecified atom stereocenters. The molecular weight excluding hydrogens is 432 g/mol. The molecule has 0 atom stereocenters. The van der Waals surface area contributed by atoms with Gasteiger partial charge in [0.2, 0.25) is 0 Å². The second-order valence-electron chi connectivity index (χ2n) is 13.3. The molecule has 0 aromatic rings. The van der Waals surface area contributed by atoms with Crippen LogP contribution >= 0.6 is 0 Å². The minimum absolute atomic E-state index is 0.249. The Bertz CT molecular complexity index is 646. The summed E-state index contributed by atoms with van der Waals surface area (Å²) in [4.78, 5) is 28.7. The number of nitrogens with zero attached hydrogens (tertiary/aromatic N) is 2. The van der Waals surface area contributed by atoms with E-state index in [0.29, 0.717) is 32.1 Å². The monoisotopic (exact) mass is 482 g/mol. The Kier molecular flexibility index (Phi) is 8.62. The summed E-state index contributed by atoms with van der Waals surface area (Å²) in [7, 11) is 0. The zero-order chi connectivity index (χ0) is 26.1. The molecule has 0 radical (unpaired) electrons. The number of hydrogen-bond acceptors (Lipinski definition) is 4. The lowest BCUT2D eigenvalue weighted by Gasteiger charge is -2.54. The van der Waals surface area contributed by atoms with Gasteiger partial charge in [-0.3, -0.25) is 9.80 Å². The first-order valence-corrected chi connectivity index (χ1v) is 13.0. The number of unbranched alkanes of at least 4 members (excludes halogenated alkanes) is 2. The molecule has 8 heteroatoms. The topological polar surface area (TPSA) is 105 Å². The molecule has 2 aliphatic rings. The van der Waals surface area contributed by atoms with Gasteiger partial charge >= 0.3 is 12.2 Å². The molecule has 0 aliphatic carbocycles. The second kappa shape index (κ2) is 10.2. The molecule has 4 N–H and O–H groups in total. The van der Waals surface area contributed by atoms with Crippen LogP contribution in [0.15, 0.2) is 0 Å². The molecule has 0 saturated carbocycles. The minimum Gasteiger partial charge on any atom is -0.465 e. The van der Waals surface area contributed by atoms with Crippen LogP contribution in [0.2, 0.25) is 0 Å². The summed E-state index contributed by atoms with van der Waals surface area (Å²) in [5.41, 5.74) is -0.997. The molecule has 2 heterocycles. The summed E-state index contributed by atoms with van der Waals surface area (Å²) in [6, 6.07) is -0.528. The third-order valence-electron chi connectivity index (χ3n) is 7.27. The zero-order valence-electron chi connectivity index (χ0n) is 23.0. The molecule has 0 aromatic heterocycles. The molecule has 0 spiro atoms. The van der Waals surface area contributed by atoms with Gasteiger partial charge in [-0.1, -0.05) is 19.8 Å². The molecule has 198 valence electrons. The van der Waals surface area contributed by atoms with Crippen LogP contribution in [-0.2, 0) is 0 Å². The van der Waals surface area contributed by atoms with E-state index in [0.717, 1.165) is 19.3 Å². The number of carbonyl (C=O) groups is 2. The molecule has 2 amide bonds. The molecule has 2 fully saturated rings. The number of rotatable bonds is 8. The third-order valence-corrected chi connectivity index (χ3v) is 7.27. The van der Waals surface area contributed by atoms with Crippen molar-refractivity contribution < 1.29 is 19.8 Å². The highest BCUT2D eigenvalue weighted by Gasteiger charge is 2.48. The molecule has 2 saturated heterocycles. The largest absolute Gasteiger partial charge is 0.465 e. The molecule has 0 bridgehead atoms. The summed E-state index contributed by atoms with van der Waals surface area (Å²) < 4.78 is 0. The minimum atomic E-state index is -1.03. The number of amides is 2. The maximum Gasteiger partial charge on any atom is 0.409 e. The first-order valence-electron chi connectivity index (χ1n) is 13.0. The third kappa shape index (κ3) is 7.48. The SMILES string of the molecule is CCCCCC(N(C(=O)O)C1CC(C)(C)NC(C)(C)C1)N(C(=O)O)C1CC(C)(C)NC(C)(C)C1. The Morgan fingerprint density at radius 2 is 1.06 bits per heavy atom. The number of nitrogens with one attached hydrogen (secondary N) is 2. The van der Waals surface area contributed by atoms with Crippen molar-refractivity contribution in [3.8, 4) is 0 Å². The molecular formula is C26H50N4O4. The van der Waals surface area contributed by atoms with Gasteiger partial charge in [-0.2, -0.15) is 0 Å². The maximum atomic E-state index is 12.8. The fourth-order valence-electron chi connectivity index (χ4n) is 6.97. The van der Waals surface area contributed by atoms with E-state index in [2.05, 4.69) is 72.9 Å². The van der Waals surface area contributed by atoms with Crippen molar-refractivity contribution in [1.29, 1.82) is 0 Å². The van der Waals surface area contributed by atoms with E-state index in [4.69, 9.17) is 0 Å². The fraction of sp³-hybridized carbons (Fsp3) is 0.923. The van der Waals surface area contributed by atoms with E-state index >= 15 is 0 Å². The fourth-order valence-corrected chi connectivity index (χ4v) is 6.97. The van der Waals surface area contributed by atoms with E-state index in [-0.39, 0.29) is 34.2 Å². The Hall–Kier alpha value is -1.54. The lowest BCUT2D eigenvalue weighted by atomic mass is 9.78. The first kappa shape index (κ1) is 28.7. The van der Waals surface area contributed by atoms with Gasteiger partial charge in [0.05, 0.1) is 0 Å². The van der Waals surface area contributed by atoms with E-state index in [1.54, 1.807) is 0 Å². The molecule has 2 rings (SSSR count). The lowest BCUT2D eigenvalue weighted by Crippen LogP contribution is -2.69. The van der Waals surface area contributed by atoms with Gasteiger partial charge in [0.1, 0.15) is 6.17 Å². The molecule has 34 heavy (non-hydrogen) atoms. The van der Waals surface area contributed by atoms with Crippen LogP contribution in [0.5, 0.6) is 0 Å². The Balaban J connectivity index is 2.52. The predicted molar refractivity (Wildman–Crippen MR) is 136 cm³/mol. The maximum absolute atomic E-state index is 12.8. The average molecular weight is 483 g/mol. The van der Waals surface area contributed by atoms with Crippen LogP contribution in [0.1, 0.15) is 114 Å². The van der Waals surface area contributed by atoms with Crippen LogP contribution in [0, 0.1) is 0 Å². The molecule has 8 nitrogen and oxygen atoms in total. The summed E-state index contributed by atoms with van der Waals surface area (Å²) in [6.45, 7) is 18.9. The van der Waals surface area contributed by atoms with E-state index in [1.807, 2.05) is 0 Å². The highest BCUT2D eigenvalue weighted by atomic mass is 16.4. The average Bonchev–Trinajstić information content (AvgIpc) is 2.55. The van der Waals surface area contributed by atoms with Crippen molar-refractivity contribution in [2.24, 2.45) is 0 Å². The van der Waals surface area contributed by atoms with Crippen LogP contribution < -0.4 is 10.6 Å². The number of carboxylic acid groups (broad SMARTS) is 2. The zero-order valence-corrected chi connectivity index (χ0v) is 23.0. The van der Waals surface area contributed by atoms with Gasteiger partial charge in [-0.05, 0) is 93.9 Å². The Labute approximate surface area is 206 Å². The van der Waals surface area contributed by atoms with Crippen molar-refractivity contribution in [3.05, 3.63) is 0 Å². The second-order valence-corrected chi connectivity index (χ2v) is 13.3. The lowest BCUT2D eigenvalue weighted by molar-refractivity contribution is -0.0415. The quantitative estimate of drug-likeness (QED) is 0.270. The molecule has 2 aliphatic heterocycles. The number of hydrogen-bond donors (Lipinski definition) is 4. The highest BCUT2D eigenvalue weighted by Crippen LogP contribution is 2.37. The standard InChI is InChI=1S/C26H50N4O4/c1-10-11-12-13-20(29(21(31)32)18-14-23(2,3)27-24(4,5)15-18)30(22(33)34)19-16-25(6,7)28-26(8,9)17-19/h18-20,27-28H,10-17H2,1-9H3,(H,31,32)(H,33,34). The van der Waals surface area contributed by atoms with Crippen molar-refractivity contribution >= 4 is 12.2 Å². The highest BCUT2D eigenvalue weighted by molar-refractivity contribution is 5.69. The summed E-state index contributed by atoms with van der Waals surface area (Å²) in [6.07, 6.45) is 3.06. The van der Waals surface area contributed by atoms with Gasteiger partial charge in [0, 0.05) is 34.2 Å². The van der Waals surface area contributed by atoms with Crippen LogP contribution in [-0.4, -0.2) is 72.6 Å². The van der Waals surface area contributed by atoms with Gasteiger partial charge < -0.3 is 20.8 Å². The Morgan fingerprint density at radius 3 is 1.32 bits per heavy atom. The predicted octanol–water partition coefficient (Wildman–Crippen LogP) is 5.47. The summed E-state index contributed by atoms with van der Waals surface area (Å²) >= 11 is 0. The van der Waals surface area contributed by atoms with Crippen molar-refractivity contribution in [2.45, 2.75) is 154 Å². The van der Waals surface area contributed by atoms with Gasteiger partial charge in [-0.25, -0.2) is 9.59 Å².